The highest BCUT2D eigenvalue weighted by Crippen LogP contribution is 2.21. The Bertz CT molecular complexity index is 835. The minimum Gasteiger partial charge on any atom is -0.480 e. The van der Waals surface area contributed by atoms with Crippen LogP contribution in [0.2, 0.25) is 0 Å². The normalized spacial score (nSPS) is 12.8. The highest BCUT2D eigenvalue weighted by molar-refractivity contribution is 7.89. The zero-order valence-corrected chi connectivity index (χ0v) is 12.8. The van der Waals surface area contributed by atoms with Gasteiger partial charge in [0.2, 0.25) is 10.0 Å². The van der Waals surface area contributed by atoms with Crippen LogP contribution in [-0.4, -0.2) is 19.5 Å². The fourth-order valence-electron chi connectivity index (χ4n) is 1.95. The summed E-state index contributed by atoms with van der Waals surface area (Å²) in [4.78, 5) is 10.7. The Morgan fingerprint density at radius 2 is 1.74 bits per heavy atom. The van der Waals surface area contributed by atoms with Crippen LogP contribution in [-0.2, 0) is 14.8 Å². The summed E-state index contributed by atoms with van der Waals surface area (Å²) in [5, 5.41) is 9.22. The highest BCUT2D eigenvalue weighted by Gasteiger charge is 2.28. The van der Waals surface area contributed by atoms with Gasteiger partial charge in [-0.15, -0.1) is 0 Å². The Labute approximate surface area is 131 Å². The molecule has 0 spiro atoms. The van der Waals surface area contributed by atoms with E-state index in [9.17, 15) is 27.1 Å². The van der Waals surface area contributed by atoms with Gasteiger partial charge in [-0.3, -0.25) is 4.79 Å². The van der Waals surface area contributed by atoms with Crippen LogP contribution in [0.5, 0.6) is 0 Å². The number of carbonyl (C=O) groups is 1. The molecule has 2 aromatic rings. The van der Waals surface area contributed by atoms with Gasteiger partial charge >= 0.3 is 5.97 Å². The van der Waals surface area contributed by atoms with Crippen molar-refractivity contribution in [2.45, 2.75) is 17.9 Å². The van der Waals surface area contributed by atoms with E-state index in [4.69, 9.17) is 0 Å². The lowest BCUT2D eigenvalue weighted by atomic mass is 10.1. The van der Waals surface area contributed by atoms with Gasteiger partial charge in [0, 0.05) is 0 Å². The Hall–Kier alpha value is -2.32. The maximum absolute atomic E-state index is 13.8. The molecular weight excluding hydrogens is 328 g/mol. The Kier molecular flexibility index (Phi) is 4.76. The van der Waals surface area contributed by atoms with Gasteiger partial charge in [0.25, 0.3) is 0 Å². The minimum atomic E-state index is -4.42. The number of rotatable bonds is 5. The largest absolute Gasteiger partial charge is 0.480 e. The fraction of sp³-hybridized carbons (Fsp3) is 0.133. The van der Waals surface area contributed by atoms with Crippen LogP contribution in [0.15, 0.2) is 47.4 Å². The number of halogens is 2. The van der Waals surface area contributed by atoms with Gasteiger partial charge in [-0.2, -0.15) is 4.72 Å². The zero-order chi connectivity index (χ0) is 17.2. The number of aryl methyl sites for hydroxylation is 1. The predicted octanol–water partition coefficient (Wildman–Crippen LogP) is 2.38. The third-order valence-electron chi connectivity index (χ3n) is 3.10. The van der Waals surface area contributed by atoms with E-state index in [-0.39, 0.29) is 5.56 Å². The van der Waals surface area contributed by atoms with Gasteiger partial charge in [0.1, 0.15) is 22.6 Å². The van der Waals surface area contributed by atoms with Crippen molar-refractivity contribution in [2.24, 2.45) is 0 Å². The molecule has 2 N–H and O–H groups in total. The number of nitrogens with one attached hydrogen (secondary N) is 1. The fourth-order valence-corrected chi connectivity index (χ4v) is 3.29. The third kappa shape index (κ3) is 3.91. The molecule has 0 heterocycles. The molecule has 23 heavy (non-hydrogen) atoms. The van der Waals surface area contributed by atoms with E-state index in [0.29, 0.717) is 5.56 Å². The topological polar surface area (TPSA) is 83.5 Å². The Balaban J connectivity index is 2.41. The molecule has 8 heteroatoms. The number of benzene rings is 2. The van der Waals surface area contributed by atoms with Crippen molar-refractivity contribution in [3.8, 4) is 0 Å². The van der Waals surface area contributed by atoms with Crippen molar-refractivity contribution in [3.63, 3.8) is 0 Å². The quantitative estimate of drug-likeness (QED) is 0.875. The second-order valence-electron chi connectivity index (χ2n) is 4.88. The van der Waals surface area contributed by atoms with E-state index >= 15 is 0 Å². The summed E-state index contributed by atoms with van der Waals surface area (Å²) in [7, 11) is -4.42. The van der Waals surface area contributed by atoms with E-state index in [1.54, 1.807) is 6.92 Å². The number of hydrogen-bond donors (Lipinski definition) is 2. The first-order valence-electron chi connectivity index (χ1n) is 6.47. The summed E-state index contributed by atoms with van der Waals surface area (Å²) in [5.41, 5.74) is 0.524. The molecule has 0 fully saturated rings. The summed E-state index contributed by atoms with van der Waals surface area (Å²) < 4.78 is 53.1. The van der Waals surface area contributed by atoms with Gasteiger partial charge in [-0.25, -0.2) is 17.2 Å². The Morgan fingerprint density at radius 1 is 1.13 bits per heavy atom. The van der Waals surface area contributed by atoms with E-state index in [2.05, 4.69) is 0 Å². The van der Waals surface area contributed by atoms with Crippen molar-refractivity contribution in [1.82, 2.24) is 4.72 Å². The number of hydrogen-bond acceptors (Lipinski definition) is 3. The van der Waals surface area contributed by atoms with Gasteiger partial charge in [0.15, 0.2) is 0 Å². The maximum atomic E-state index is 13.8. The second kappa shape index (κ2) is 6.43. The number of aliphatic carboxylic acids is 1. The van der Waals surface area contributed by atoms with Crippen molar-refractivity contribution < 1.29 is 27.1 Å². The van der Waals surface area contributed by atoms with Gasteiger partial charge in [-0.1, -0.05) is 18.2 Å². The summed E-state index contributed by atoms with van der Waals surface area (Å²) in [6.07, 6.45) is 0. The average molecular weight is 341 g/mol. The first kappa shape index (κ1) is 17.0. The number of sulfonamides is 1. The number of carboxylic acids is 1. The molecule has 0 unspecified atom stereocenters. The number of carboxylic acid groups (broad SMARTS) is 1. The standard InChI is InChI=1S/C15H13F2NO4S/c1-9-2-7-12(17)13(8-9)23(21,22)18-14(15(19)20)10-3-5-11(16)6-4-10/h2-8,14,18H,1H3,(H,19,20)/t14-/m0/s1. The van der Waals surface area contributed by atoms with Crippen molar-refractivity contribution in [2.75, 3.05) is 0 Å². The van der Waals surface area contributed by atoms with E-state index in [1.807, 2.05) is 4.72 Å². The zero-order valence-electron chi connectivity index (χ0n) is 12.0. The molecule has 2 aromatic carbocycles. The molecule has 122 valence electrons. The summed E-state index contributed by atoms with van der Waals surface area (Å²) in [6.45, 7) is 1.58. The third-order valence-corrected chi connectivity index (χ3v) is 4.54. The van der Waals surface area contributed by atoms with Gasteiger partial charge in [0.05, 0.1) is 0 Å². The molecule has 2 rings (SSSR count). The molecule has 0 saturated carbocycles. The van der Waals surface area contributed by atoms with Gasteiger partial charge in [-0.05, 0) is 42.3 Å². The molecule has 0 radical (unpaired) electrons. The van der Waals surface area contributed by atoms with Crippen LogP contribution < -0.4 is 4.72 Å². The molecule has 0 bridgehead atoms. The monoisotopic (exact) mass is 341 g/mol. The highest BCUT2D eigenvalue weighted by atomic mass is 32.2. The van der Waals surface area contributed by atoms with E-state index in [1.165, 1.54) is 6.07 Å². The van der Waals surface area contributed by atoms with Crippen molar-refractivity contribution in [3.05, 3.63) is 65.2 Å². The lowest BCUT2D eigenvalue weighted by Gasteiger charge is -2.16. The smallest absolute Gasteiger partial charge is 0.326 e. The summed E-state index contributed by atoms with van der Waals surface area (Å²) >= 11 is 0. The lowest BCUT2D eigenvalue weighted by molar-refractivity contribution is -0.139. The maximum Gasteiger partial charge on any atom is 0.326 e. The molecule has 0 amide bonds. The van der Waals surface area contributed by atoms with Crippen LogP contribution in [0.3, 0.4) is 0 Å². The first-order valence-corrected chi connectivity index (χ1v) is 7.96. The van der Waals surface area contributed by atoms with Gasteiger partial charge < -0.3 is 5.11 Å². The average Bonchev–Trinajstić information content (AvgIpc) is 2.48. The summed E-state index contributed by atoms with van der Waals surface area (Å²) in [6, 6.07) is 6.11. The molecule has 5 nitrogen and oxygen atoms in total. The molecule has 0 aliphatic heterocycles. The van der Waals surface area contributed by atoms with Crippen LogP contribution in [0.25, 0.3) is 0 Å². The molecule has 1 atom stereocenters. The first-order chi connectivity index (χ1) is 10.7. The summed E-state index contributed by atoms with van der Waals surface area (Å²) in [5.74, 6) is -3.08. The van der Waals surface area contributed by atoms with E-state index in [0.717, 1.165) is 36.4 Å². The van der Waals surface area contributed by atoms with Crippen molar-refractivity contribution in [1.29, 1.82) is 0 Å². The van der Waals surface area contributed by atoms with Crippen LogP contribution in [0, 0.1) is 18.6 Å². The molecular formula is C15H13F2NO4S. The molecule has 0 saturated heterocycles. The molecule has 0 aromatic heterocycles. The molecule has 0 aliphatic rings. The SMILES string of the molecule is Cc1ccc(F)c(S(=O)(=O)N[C@H](C(=O)O)c2ccc(F)cc2)c1. The minimum absolute atomic E-state index is 0.0236. The Morgan fingerprint density at radius 3 is 2.30 bits per heavy atom. The lowest BCUT2D eigenvalue weighted by Crippen LogP contribution is -2.34. The molecule has 0 aliphatic carbocycles. The van der Waals surface area contributed by atoms with E-state index < -0.39 is 38.6 Å². The van der Waals surface area contributed by atoms with Crippen LogP contribution in [0.1, 0.15) is 17.2 Å². The van der Waals surface area contributed by atoms with Crippen LogP contribution >= 0.6 is 0 Å². The second-order valence-corrected chi connectivity index (χ2v) is 6.56. The van der Waals surface area contributed by atoms with Crippen LogP contribution in [0.4, 0.5) is 8.78 Å². The predicted molar refractivity (Wildman–Crippen MR) is 78.2 cm³/mol. The van der Waals surface area contributed by atoms with Crippen molar-refractivity contribution >= 4 is 16.0 Å².